The first-order chi connectivity index (χ1) is 13.1. The highest BCUT2D eigenvalue weighted by Crippen LogP contribution is 2.26. The van der Waals surface area contributed by atoms with Gasteiger partial charge in [0.2, 0.25) is 5.96 Å². The third-order valence-corrected chi connectivity index (χ3v) is 4.65. The van der Waals surface area contributed by atoms with E-state index in [4.69, 9.17) is 23.1 Å². The summed E-state index contributed by atoms with van der Waals surface area (Å²) in [6.07, 6.45) is 3.66. The molecule has 0 bridgehead atoms. The van der Waals surface area contributed by atoms with E-state index in [-0.39, 0.29) is 18.4 Å². The van der Waals surface area contributed by atoms with Crippen molar-refractivity contribution in [1.29, 1.82) is 0 Å². The summed E-state index contributed by atoms with van der Waals surface area (Å²) in [4.78, 5) is 0. The van der Waals surface area contributed by atoms with Gasteiger partial charge in [0.1, 0.15) is 0 Å². The van der Waals surface area contributed by atoms with Crippen molar-refractivity contribution in [3.63, 3.8) is 0 Å². The van der Waals surface area contributed by atoms with Crippen LogP contribution in [0.15, 0.2) is 77.1 Å². The fourth-order valence-corrected chi connectivity index (χ4v) is 3.39. The fraction of sp³-hybridized carbons (Fsp3) is 0.0476. The van der Waals surface area contributed by atoms with Crippen LogP contribution >= 0.6 is 24.0 Å². The van der Waals surface area contributed by atoms with Crippen molar-refractivity contribution in [3.8, 4) is 0 Å². The van der Waals surface area contributed by atoms with Crippen LogP contribution < -0.4 is 11.5 Å². The molecule has 0 unspecified atom stereocenters. The zero-order valence-electron chi connectivity index (χ0n) is 14.9. The second-order valence-electron chi connectivity index (χ2n) is 6.32. The fourth-order valence-electron chi connectivity index (χ4n) is 3.22. The number of hydrogen-bond acceptors (Lipinski definition) is 2. The molecule has 0 saturated carbocycles. The Morgan fingerprint density at radius 1 is 1.00 bits per heavy atom. The van der Waals surface area contributed by atoms with Crippen LogP contribution in [0, 0.1) is 0 Å². The van der Waals surface area contributed by atoms with E-state index in [0.29, 0.717) is 5.02 Å². The van der Waals surface area contributed by atoms with E-state index in [2.05, 4.69) is 51.2 Å². The zero-order valence-corrected chi connectivity index (χ0v) is 16.5. The first-order valence-electron chi connectivity index (χ1n) is 8.48. The number of aromatic nitrogens is 1. The third-order valence-electron chi connectivity index (χ3n) is 4.41. The van der Waals surface area contributed by atoms with Crippen molar-refractivity contribution in [2.75, 3.05) is 0 Å². The maximum atomic E-state index is 6.19. The molecule has 7 heteroatoms. The molecule has 0 radical (unpaired) electrons. The predicted octanol–water partition coefficient (Wildman–Crippen LogP) is 4.53. The Morgan fingerprint density at radius 2 is 1.79 bits per heavy atom. The lowest BCUT2D eigenvalue weighted by Crippen LogP contribution is -2.21. The lowest BCUT2D eigenvalue weighted by atomic mass is 10.1. The second kappa shape index (κ2) is 8.33. The minimum Gasteiger partial charge on any atom is -0.369 e. The van der Waals surface area contributed by atoms with Crippen molar-refractivity contribution < 1.29 is 0 Å². The van der Waals surface area contributed by atoms with Crippen LogP contribution in [0.4, 0.5) is 0 Å². The molecule has 4 N–H and O–H groups in total. The smallest absolute Gasteiger partial charge is 0.211 e. The molecule has 142 valence electrons. The molecule has 4 rings (SSSR count). The van der Waals surface area contributed by atoms with Gasteiger partial charge in [0.15, 0.2) is 0 Å². The molecule has 0 atom stereocenters. The summed E-state index contributed by atoms with van der Waals surface area (Å²) >= 11 is 6.19. The molecule has 0 aliphatic heterocycles. The molecule has 5 nitrogen and oxygen atoms in total. The first-order valence-corrected chi connectivity index (χ1v) is 8.86. The molecular formula is C21H19Cl2N5. The molecule has 0 aliphatic rings. The number of rotatable bonds is 4. The Morgan fingerprint density at radius 3 is 2.57 bits per heavy atom. The summed E-state index contributed by atoms with van der Waals surface area (Å²) in [5.41, 5.74) is 13.9. The van der Waals surface area contributed by atoms with Crippen LogP contribution in [0.2, 0.25) is 5.02 Å². The number of hydrogen-bond donors (Lipinski definition) is 2. The number of guanidine groups is 1. The molecule has 0 amide bonds. The standard InChI is InChI=1S/C21H18ClN5.ClH/c22-18-7-8-20-19(10-18)17(11-25-26-21(23)24)13-27(20)12-14-5-6-15-3-1-2-4-16(15)9-14;/h1-11,13H,12H2,(H4,23,24,26);1H/b25-11+;. The summed E-state index contributed by atoms with van der Waals surface area (Å²) in [5.74, 6) is -0.0795. The van der Waals surface area contributed by atoms with Gasteiger partial charge in [-0.1, -0.05) is 48.0 Å². The Kier molecular flexibility index (Phi) is 5.87. The summed E-state index contributed by atoms with van der Waals surface area (Å²) in [6.45, 7) is 0.735. The van der Waals surface area contributed by atoms with Crippen LogP contribution in [0.5, 0.6) is 0 Å². The van der Waals surface area contributed by atoms with Crippen LogP contribution in [0.25, 0.3) is 21.7 Å². The van der Waals surface area contributed by atoms with E-state index in [1.807, 2.05) is 30.5 Å². The third kappa shape index (κ3) is 4.11. The van der Waals surface area contributed by atoms with Crippen molar-refractivity contribution >= 4 is 57.9 Å². The maximum absolute atomic E-state index is 6.19. The lowest BCUT2D eigenvalue weighted by Gasteiger charge is -2.07. The minimum atomic E-state index is -0.0795. The van der Waals surface area contributed by atoms with E-state index in [1.54, 1.807) is 6.21 Å². The Hall–Kier alpha value is -3.02. The van der Waals surface area contributed by atoms with Crippen LogP contribution in [-0.2, 0) is 6.54 Å². The predicted molar refractivity (Wildman–Crippen MR) is 121 cm³/mol. The monoisotopic (exact) mass is 411 g/mol. The molecule has 1 aromatic heterocycles. The van der Waals surface area contributed by atoms with Gasteiger partial charge in [0, 0.05) is 34.2 Å². The van der Waals surface area contributed by atoms with Crippen LogP contribution in [0.3, 0.4) is 0 Å². The van der Waals surface area contributed by atoms with E-state index < -0.39 is 0 Å². The van der Waals surface area contributed by atoms with Gasteiger partial charge in [-0.25, -0.2) is 0 Å². The van der Waals surface area contributed by atoms with Gasteiger partial charge in [-0.2, -0.15) is 5.10 Å². The topological polar surface area (TPSA) is 81.7 Å². The highest BCUT2D eigenvalue weighted by molar-refractivity contribution is 6.31. The Balaban J connectivity index is 0.00000225. The van der Waals surface area contributed by atoms with E-state index in [1.165, 1.54) is 16.3 Å². The largest absolute Gasteiger partial charge is 0.369 e. The Labute approximate surface area is 173 Å². The first kappa shape index (κ1) is 19.7. The van der Waals surface area contributed by atoms with Gasteiger partial charge in [-0.15, -0.1) is 17.5 Å². The molecular weight excluding hydrogens is 393 g/mol. The van der Waals surface area contributed by atoms with Crippen molar-refractivity contribution in [2.24, 2.45) is 21.7 Å². The number of fused-ring (bicyclic) bond motifs is 2. The molecule has 0 fully saturated rings. The average molecular weight is 412 g/mol. The summed E-state index contributed by atoms with van der Waals surface area (Å²) in [5, 5.41) is 11.7. The zero-order chi connectivity index (χ0) is 18.8. The molecule has 3 aromatic carbocycles. The highest BCUT2D eigenvalue weighted by Gasteiger charge is 2.09. The quantitative estimate of drug-likeness (QED) is 0.293. The van der Waals surface area contributed by atoms with Gasteiger partial charge in [0.05, 0.1) is 6.21 Å². The molecule has 28 heavy (non-hydrogen) atoms. The molecule has 0 aliphatic carbocycles. The van der Waals surface area contributed by atoms with Crippen LogP contribution in [0.1, 0.15) is 11.1 Å². The second-order valence-corrected chi connectivity index (χ2v) is 6.76. The van der Waals surface area contributed by atoms with Gasteiger partial charge in [-0.3, -0.25) is 0 Å². The van der Waals surface area contributed by atoms with Gasteiger partial charge in [-0.05, 0) is 40.6 Å². The number of benzene rings is 3. The van der Waals surface area contributed by atoms with Crippen molar-refractivity contribution in [3.05, 3.63) is 83.0 Å². The number of nitrogens with two attached hydrogens (primary N) is 2. The highest BCUT2D eigenvalue weighted by atomic mass is 35.5. The SMILES string of the molecule is Cl.NC(N)=N/N=C/c1cn(Cc2ccc3ccccc3c2)c2ccc(Cl)cc12. The lowest BCUT2D eigenvalue weighted by molar-refractivity contribution is 0.837. The number of halogens is 2. The van der Waals surface area contributed by atoms with E-state index >= 15 is 0 Å². The molecule has 0 spiro atoms. The van der Waals surface area contributed by atoms with E-state index in [9.17, 15) is 0 Å². The molecule has 1 heterocycles. The summed E-state index contributed by atoms with van der Waals surface area (Å²) in [7, 11) is 0. The number of nitrogens with zero attached hydrogens (tertiary/aromatic N) is 3. The molecule has 4 aromatic rings. The van der Waals surface area contributed by atoms with Crippen molar-refractivity contribution in [1.82, 2.24) is 4.57 Å². The van der Waals surface area contributed by atoms with E-state index in [0.717, 1.165) is 23.0 Å². The summed E-state index contributed by atoms with van der Waals surface area (Å²) in [6, 6.07) is 20.7. The molecule has 0 saturated heterocycles. The normalized spacial score (nSPS) is 11.0. The van der Waals surface area contributed by atoms with Gasteiger partial charge in [0.25, 0.3) is 0 Å². The average Bonchev–Trinajstić information content (AvgIpc) is 2.98. The van der Waals surface area contributed by atoms with Gasteiger partial charge >= 0.3 is 0 Å². The summed E-state index contributed by atoms with van der Waals surface area (Å²) < 4.78 is 2.17. The van der Waals surface area contributed by atoms with Crippen molar-refractivity contribution in [2.45, 2.75) is 6.54 Å². The maximum Gasteiger partial charge on any atom is 0.211 e. The minimum absolute atomic E-state index is 0. The van der Waals surface area contributed by atoms with Crippen LogP contribution in [-0.4, -0.2) is 16.7 Å². The Bertz CT molecular complexity index is 1190. The van der Waals surface area contributed by atoms with Gasteiger partial charge < -0.3 is 16.0 Å².